The molecule has 2 heterocycles. The van der Waals surface area contributed by atoms with Crippen molar-refractivity contribution in [3.63, 3.8) is 0 Å². The number of carbonyl (C=O) groups excluding carboxylic acids is 1. The Morgan fingerprint density at radius 2 is 2.16 bits per heavy atom. The number of amides is 1. The summed E-state index contributed by atoms with van der Waals surface area (Å²) in [4.78, 5) is 15.6. The number of hydrogen-bond donors (Lipinski definition) is 1. The highest BCUT2D eigenvalue weighted by atomic mass is 35.5. The summed E-state index contributed by atoms with van der Waals surface area (Å²) in [5, 5.41) is 3.85. The van der Waals surface area contributed by atoms with Gasteiger partial charge in [-0.25, -0.2) is 0 Å². The van der Waals surface area contributed by atoms with Crippen molar-refractivity contribution in [2.75, 3.05) is 24.5 Å². The quantitative estimate of drug-likeness (QED) is 0.749. The second-order valence-corrected chi connectivity index (χ2v) is 8.78. The third-order valence-corrected chi connectivity index (χ3v) is 6.14. The number of thiophene rings is 1. The fourth-order valence-corrected chi connectivity index (χ4v) is 4.46. The summed E-state index contributed by atoms with van der Waals surface area (Å²) in [6.07, 6.45) is 2.36. The molecule has 6 heteroatoms. The predicted octanol–water partition coefficient (Wildman–Crippen LogP) is 4.94. The van der Waals surface area contributed by atoms with Crippen molar-refractivity contribution in [3.8, 4) is 0 Å². The van der Waals surface area contributed by atoms with Crippen LogP contribution in [-0.4, -0.2) is 25.5 Å². The van der Waals surface area contributed by atoms with Crippen LogP contribution in [0.3, 0.4) is 0 Å². The Morgan fingerprint density at radius 1 is 1.32 bits per heavy atom. The first-order chi connectivity index (χ1) is 12.0. The van der Waals surface area contributed by atoms with Crippen LogP contribution in [0.2, 0.25) is 9.36 Å². The number of benzene rings is 1. The van der Waals surface area contributed by atoms with Gasteiger partial charge in [-0.1, -0.05) is 29.3 Å². The molecule has 1 N–H and O–H groups in total. The van der Waals surface area contributed by atoms with Gasteiger partial charge in [-0.05, 0) is 55.5 Å². The zero-order valence-corrected chi connectivity index (χ0v) is 16.6. The van der Waals surface area contributed by atoms with E-state index < -0.39 is 0 Å². The summed E-state index contributed by atoms with van der Waals surface area (Å²) in [6, 6.07) is 9.88. The van der Waals surface area contributed by atoms with Gasteiger partial charge in [0.25, 0.3) is 0 Å². The van der Waals surface area contributed by atoms with E-state index in [2.05, 4.69) is 23.2 Å². The molecule has 0 saturated carbocycles. The van der Waals surface area contributed by atoms with Gasteiger partial charge in [0.05, 0.1) is 4.34 Å². The molecule has 3 nitrogen and oxygen atoms in total. The van der Waals surface area contributed by atoms with Crippen molar-refractivity contribution < 1.29 is 4.79 Å². The van der Waals surface area contributed by atoms with E-state index in [1.807, 2.05) is 24.3 Å². The molecule has 1 aliphatic heterocycles. The number of nitrogens with one attached hydrogen (secondary N) is 1. The Labute approximate surface area is 162 Å². The maximum Gasteiger partial charge on any atom is 0.220 e. The fraction of sp³-hybridized carbons (Fsp3) is 0.421. The lowest BCUT2D eigenvalue weighted by Gasteiger charge is -2.21. The van der Waals surface area contributed by atoms with Gasteiger partial charge >= 0.3 is 0 Å². The van der Waals surface area contributed by atoms with E-state index >= 15 is 0 Å². The van der Waals surface area contributed by atoms with Crippen LogP contribution in [0, 0.1) is 12.8 Å². The van der Waals surface area contributed by atoms with Crippen LogP contribution >= 0.6 is 34.5 Å². The molecule has 0 bridgehead atoms. The van der Waals surface area contributed by atoms with Crippen LogP contribution in [0.4, 0.5) is 5.69 Å². The van der Waals surface area contributed by atoms with Crippen molar-refractivity contribution in [2.24, 2.45) is 5.92 Å². The Balaban J connectivity index is 1.43. The summed E-state index contributed by atoms with van der Waals surface area (Å²) in [5.41, 5.74) is 2.44. The van der Waals surface area contributed by atoms with Crippen molar-refractivity contribution in [1.82, 2.24) is 5.32 Å². The minimum absolute atomic E-state index is 0.113. The summed E-state index contributed by atoms with van der Waals surface area (Å²) in [5.74, 6) is 0.598. The molecule has 0 aliphatic carbocycles. The molecule has 1 amide bonds. The lowest BCUT2D eigenvalue weighted by Crippen LogP contribution is -2.31. The zero-order valence-electron chi connectivity index (χ0n) is 14.2. The molecule has 3 rings (SSSR count). The standard InChI is InChI=1S/C19H22Cl2N2OS/c1-13-2-3-15(20)10-17(13)23-9-8-14(12-23)11-22-19(24)7-5-16-4-6-18(21)25-16/h2-4,6,10,14H,5,7-9,11-12H2,1H3,(H,22,24). The van der Waals surface area contributed by atoms with Crippen LogP contribution in [0.15, 0.2) is 30.3 Å². The summed E-state index contributed by atoms with van der Waals surface area (Å²) in [6.45, 7) is 4.81. The van der Waals surface area contributed by atoms with Crippen LogP contribution < -0.4 is 10.2 Å². The van der Waals surface area contributed by atoms with Gasteiger partial charge in [-0.15, -0.1) is 11.3 Å². The summed E-state index contributed by atoms with van der Waals surface area (Å²) < 4.78 is 0.776. The number of anilines is 1. The molecule has 1 aromatic heterocycles. The highest BCUT2D eigenvalue weighted by Gasteiger charge is 2.24. The maximum atomic E-state index is 12.1. The van der Waals surface area contributed by atoms with E-state index in [-0.39, 0.29) is 5.91 Å². The van der Waals surface area contributed by atoms with E-state index in [0.717, 1.165) is 46.7 Å². The van der Waals surface area contributed by atoms with Crippen LogP contribution in [0.1, 0.15) is 23.3 Å². The van der Waals surface area contributed by atoms with Gasteiger partial charge in [0, 0.05) is 41.6 Å². The molecule has 25 heavy (non-hydrogen) atoms. The van der Waals surface area contributed by atoms with Gasteiger partial charge in [-0.3, -0.25) is 4.79 Å². The zero-order chi connectivity index (χ0) is 17.8. The highest BCUT2D eigenvalue weighted by molar-refractivity contribution is 7.16. The van der Waals surface area contributed by atoms with E-state index in [9.17, 15) is 4.79 Å². The van der Waals surface area contributed by atoms with E-state index in [0.29, 0.717) is 12.3 Å². The Kier molecular flexibility index (Phi) is 6.26. The lowest BCUT2D eigenvalue weighted by molar-refractivity contribution is -0.121. The molecule has 0 spiro atoms. The van der Waals surface area contributed by atoms with Gasteiger partial charge in [0.1, 0.15) is 0 Å². The van der Waals surface area contributed by atoms with Crippen molar-refractivity contribution >= 4 is 46.1 Å². The monoisotopic (exact) mass is 396 g/mol. The average Bonchev–Trinajstić information content (AvgIpc) is 3.22. The maximum absolute atomic E-state index is 12.1. The first kappa shape index (κ1) is 18.6. The minimum atomic E-state index is 0.113. The molecule has 1 aliphatic rings. The van der Waals surface area contributed by atoms with E-state index in [4.69, 9.17) is 23.2 Å². The summed E-state index contributed by atoms with van der Waals surface area (Å²) >= 11 is 13.6. The Bertz CT molecular complexity index is 747. The number of nitrogens with zero attached hydrogens (tertiary/aromatic N) is 1. The molecule has 1 aromatic carbocycles. The molecule has 134 valence electrons. The van der Waals surface area contributed by atoms with Crippen molar-refractivity contribution in [2.45, 2.75) is 26.2 Å². The Hall–Kier alpha value is -1.23. The van der Waals surface area contributed by atoms with Gasteiger partial charge in [0.15, 0.2) is 0 Å². The number of halogens is 2. The number of rotatable bonds is 6. The average molecular weight is 397 g/mol. The highest BCUT2D eigenvalue weighted by Crippen LogP contribution is 2.29. The molecule has 0 radical (unpaired) electrons. The third kappa shape index (κ3) is 5.13. The smallest absolute Gasteiger partial charge is 0.220 e. The van der Waals surface area contributed by atoms with Crippen LogP contribution in [0.5, 0.6) is 0 Å². The summed E-state index contributed by atoms with van der Waals surface area (Å²) in [7, 11) is 0. The van der Waals surface area contributed by atoms with Crippen molar-refractivity contribution in [3.05, 3.63) is 50.1 Å². The predicted molar refractivity (Wildman–Crippen MR) is 107 cm³/mol. The lowest BCUT2D eigenvalue weighted by atomic mass is 10.1. The molecule has 1 fully saturated rings. The van der Waals surface area contributed by atoms with Crippen LogP contribution in [0.25, 0.3) is 0 Å². The first-order valence-electron chi connectivity index (χ1n) is 8.53. The Morgan fingerprint density at radius 3 is 2.92 bits per heavy atom. The fourth-order valence-electron chi connectivity index (χ4n) is 3.21. The topological polar surface area (TPSA) is 32.3 Å². The first-order valence-corrected chi connectivity index (χ1v) is 10.1. The minimum Gasteiger partial charge on any atom is -0.371 e. The number of carbonyl (C=O) groups is 1. The third-order valence-electron chi connectivity index (χ3n) is 4.61. The van der Waals surface area contributed by atoms with Crippen molar-refractivity contribution in [1.29, 1.82) is 0 Å². The van der Waals surface area contributed by atoms with Gasteiger partial charge < -0.3 is 10.2 Å². The molecule has 1 atom stereocenters. The van der Waals surface area contributed by atoms with Gasteiger partial charge in [0.2, 0.25) is 5.91 Å². The van der Waals surface area contributed by atoms with Gasteiger partial charge in [-0.2, -0.15) is 0 Å². The molecule has 1 saturated heterocycles. The number of hydrogen-bond acceptors (Lipinski definition) is 3. The molecular weight excluding hydrogens is 375 g/mol. The van der Waals surface area contributed by atoms with E-state index in [1.54, 1.807) is 11.3 Å². The van der Waals surface area contributed by atoms with Crippen LogP contribution in [-0.2, 0) is 11.2 Å². The van der Waals surface area contributed by atoms with E-state index in [1.165, 1.54) is 11.3 Å². The SMILES string of the molecule is Cc1ccc(Cl)cc1N1CCC(CNC(=O)CCc2ccc(Cl)s2)C1. The second-order valence-electron chi connectivity index (χ2n) is 6.54. The normalized spacial score (nSPS) is 17.1. The number of aryl methyl sites for hydroxylation is 2. The largest absolute Gasteiger partial charge is 0.371 e. The molecular formula is C19H22Cl2N2OS. The second kappa shape index (κ2) is 8.43. The molecule has 1 unspecified atom stereocenters. The molecule has 2 aromatic rings.